The summed E-state index contributed by atoms with van der Waals surface area (Å²) in [6.07, 6.45) is 2.28. The fraction of sp³-hybridized carbons (Fsp3) is 0.0370. The molecule has 32 heavy (non-hydrogen) atoms. The summed E-state index contributed by atoms with van der Waals surface area (Å²) in [5.41, 5.74) is 0. The molecule has 4 aromatic carbocycles. The molecule has 5 heteroatoms. The van der Waals surface area contributed by atoms with Gasteiger partial charge in [0.2, 0.25) is 0 Å². The molecule has 0 aliphatic carbocycles. The van der Waals surface area contributed by atoms with Crippen molar-refractivity contribution in [1.82, 2.24) is 0 Å². The summed E-state index contributed by atoms with van der Waals surface area (Å²) < 4.78 is 0. The van der Waals surface area contributed by atoms with E-state index < -0.39 is 27.5 Å². The summed E-state index contributed by atoms with van der Waals surface area (Å²) >= 11 is -0.946. The van der Waals surface area contributed by atoms with E-state index in [4.69, 9.17) is 20.4 Å². The van der Waals surface area contributed by atoms with Gasteiger partial charge in [0, 0.05) is 0 Å². The van der Waals surface area contributed by atoms with Crippen molar-refractivity contribution >= 4 is 57.4 Å². The van der Waals surface area contributed by atoms with Crippen molar-refractivity contribution in [3.63, 3.8) is 0 Å². The van der Waals surface area contributed by atoms with E-state index in [9.17, 15) is 0 Å². The van der Waals surface area contributed by atoms with Gasteiger partial charge in [-0.05, 0) is 0 Å². The molecule has 4 aromatic rings. The van der Waals surface area contributed by atoms with Crippen molar-refractivity contribution in [2.24, 2.45) is 0 Å². The summed E-state index contributed by atoms with van der Waals surface area (Å²) in [4.78, 5) is 0. The Morgan fingerprint density at radius 2 is 0.781 bits per heavy atom. The van der Waals surface area contributed by atoms with Crippen LogP contribution in [0.5, 0.6) is 0 Å². The van der Waals surface area contributed by atoms with Gasteiger partial charge in [-0.15, -0.1) is 0 Å². The van der Waals surface area contributed by atoms with Gasteiger partial charge in [-0.25, -0.2) is 0 Å². The fourth-order valence-electron chi connectivity index (χ4n) is 3.65. The average molecular weight is 539 g/mol. The van der Waals surface area contributed by atoms with Gasteiger partial charge < -0.3 is 0 Å². The molecule has 0 aromatic heterocycles. The van der Waals surface area contributed by atoms with Gasteiger partial charge in [0.15, 0.2) is 0 Å². The van der Waals surface area contributed by atoms with Crippen LogP contribution in [0.3, 0.4) is 0 Å². The number of allylic oxidation sites excluding steroid dienone is 1. The van der Waals surface area contributed by atoms with E-state index in [1.54, 1.807) is 0 Å². The third-order valence-electron chi connectivity index (χ3n) is 4.98. The number of rotatable bonds is 8. The topological polar surface area (TPSA) is 0 Å². The van der Waals surface area contributed by atoms with Gasteiger partial charge in [-0.1, -0.05) is 0 Å². The summed E-state index contributed by atoms with van der Waals surface area (Å²) in [5.74, 6) is 0. The second-order valence-corrected chi connectivity index (χ2v) is 15.6. The van der Waals surface area contributed by atoms with Gasteiger partial charge in [0.1, 0.15) is 0 Å². The number of hydrogen-bond donors (Lipinski definition) is 0. The summed E-state index contributed by atoms with van der Waals surface area (Å²) in [7, 11) is 11.1. The van der Waals surface area contributed by atoms with Crippen molar-refractivity contribution in [3.8, 4) is 0 Å². The van der Waals surface area contributed by atoms with Crippen molar-refractivity contribution in [2.45, 2.75) is 5.40 Å². The Kier molecular flexibility index (Phi) is 8.99. The second kappa shape index (κ2) is 12.1. The quantitative estimate of drug-likeness (QED) is 0.167. The first-order valence-corrected chi connectivity index (χ1v) is 16.3. The standard InChI is InChI=1S/C27H23P2.2ClH.Ni/c1-2-27(28(23-15-7-3-8-16-23)24-17-9-4-10-18-24)29(25-19-11-5-12-20-25)26-21-13-6-14-22-26;;;/h1-22,27H;2*1H;/q;;;+2/p-2. The van der Waals surface area contributed by atoms with E-state index in [1.807, 2.05) is 5.05 Å². The zero-order chi connectivity index (χ0) is 22.2. The average Bonchev–Trinajstić information content (AvgIpc) is 2.85. The molecular weight excluding hydrogens is 516 g/mol. The van der Waals surface area contributed by atoms with Gasteiger partial charge in [-0.3, -0.25) is 0 Å². The van der Waals surface area contributed by atoms with Crippen molar-refractivity contribution < 1.29 is 11.6 Å². The molecule has 0 radical (unpaired) electrons. The molecule has 0 atom stereocenters. The Balaban J connectivity index is 1.94. The minimum atomic E-state index is -0.946. The number of halogens is 2. The maximum absolute atomic E-state index is 6.25. The van der Waals surface area contributed by atoms with Crippen molar-refractivity contribution in [1.29, 1.82) is 0 Å². The molecule has 0 aliphatic heterocycles. The molecule has 0 nitrogen and oxygen atoms in total. The van der Waals surface area contributed by atoms with Crippen LogP contribution < -0.4 is 21.2 Å². The van der Waals surface area contributed by atoms with Crippen LogP contribution in [0.15, 0.2) is 132 Å². The summed E-state index contributed by atoms with van der Waals surface area (Å²) in [5, 5.41) is 7.64. The normalized spacial score (nSPS) is 12.1. The van der Waals surface area contributed by atoms with E-state index >= 15 is 0 Å². The maximum atomic E-state index is 6.25. The Labute approximate surface area is 206 Å². The zero-order valence-electron chi connectivity index (χ0n) is 17.2. The monoisotopic (exact) mass is 537 g/mol. The molecule has 0 unspecified atom stereocenters. The van der Waals surface area contributed by atoms with Crippen LogP contribution in [-0.2, 0) is 11.6 Å². The van der Waals surface area contributed by atoms with Gasteiger partial charge >= 0.3 is 207 Å². The van der Waals surface area contributed by atoms with E-state index in [0.717, 1.165) is 0 Å². The van der Waals surface area contributed by atoms with Crippen LogP contribution >= 0.6 is 36.2 Å². The van der Waals surface area contributed by atoms with Gasteiger partial charge in [0.25, 0.3) is 0 Å². The number of benzene rings is 4. The molecule has 0 fully saturated rings. The van der Waals surface area contributed by atoms with Crippen molar-refractivity contribution in [3.05, 3.63) is 132 Å². The fourth-order valence-corrected chi connectivity index (χ4v) is 11.5. The minimum absolute atomic E-state index is 0.242. The molecular formula is C27H23Cl2NiP2. The first-order chi connectivity index (χ1) is 15.7. The second-order valence-electron chi connectivity index (χ2n) is 6.98. The number of hydrogen-bond acceptors (Lipinski definition) is 0. The molecule has 0 bridgehead atoms. The SMILES string of the molecule is [Cl][Ni]([Cl])[CH]=CC(P(c1ccccc1)c1ccccc1)P(c1ccccc1)c1ccccc1. The predicted octanol–water partition coefficient (Wildman–Crippen LogP) is 7.02. The molecule has 165 valence electrons. The molecule has 4 rings (SSSR count). The Morgan fingerprint density at radius 3 is 1.03 bits per heavy atom. The first kappa shape index (κ1) is 23.7. The molecule has 0 aliphatic rings. The third kappa shape index (κ3) is 6.11. The van der Waals surface area contributed by atoms with E-state index in [0.29, 0.717) is 0 Å². The van der Waals surface area contributed by atoms with Crippen molar-refractivity contribution in [2.75, 3.05) is 0 Å². The Morgan fingerprint density at radius 1 is 0.500 bits per heavy atom. The summed E-state index contributed by atoms with van der Waals surface area (Å²) in [6.45, 7) is 0. The van der Waals surface area contributed by atoms with E-state index in [2.05, 4.69) is 127 Å². The van der Waals surface area contributed by atoms with Crippen LogP contribution in [0, 0.1) is 0 Å². The van der Waals surface area contributed by atoms with Gasteiger partial charge in [0.05, 0.1) is 0 Å². The molecule has 0 spiro atoms. The van der Waals surface area contributed by atoms with Crippen LogP contribution in [0.4, 0.5) is 0 Å². The molecule has 0 saturated heterocycles. The Bertz CT molecular complexity index is 945. The zero-order valence-corrected chi connectivity index (χ0v) is 21.5. The molecule has 0 N–H and O–H groups in total. The van der Waals surface area contributed by atoms with Crippen LogP contribution in [-0.4, -0.2) is 5.40 Å². The third-order valence-corrected chi connectivity index (χ3v) is 12.3. The Hall–Kier alpha value is -1.45. The predicted molar refractivity (Wildman–Crippen MR) is 143 cm³/mol. The van der Waals surface area contributed by atoms with Crippen LogP contribution in [0.2, 0.25) is 0 Å². The van der Waals surface area contributed by atoms with E-state index in [1.165, 1.54) is 21.2 Å². The van der Waals surface area contributed by atoms with Crippen LogP contribution in [0.25, 0.3) is 0 Å². The first-order valence-electron chi connectivity index (χ1n) is 10.1. The van der Waals surface area contributed by atoms with E-state index in [-0.39, 0.29) is 5.40 Å². The summed E-state index contributed by atoms with van der Waals surface area (Å²) in [6, 6.07) is 43.5. The molecule has 0 saturated carbocycles. The van der Waals surface area contributed by atoms with Gasteiger partial charge in [-0.2, -0.15) is 0 Å². The molecule has 0 amide bonds. The molecule has 0 heterocycles. The van der Waals surface area contributed by atoms with Crippen LogP contribution in [0.1, 0.15) is 0 Å².